The molecule has 1 aliphatic rings. The molecule has 0 bridgehead atoms. The van der Waals surface area contributed by atoms with Gasteiger partial charge in [-0.2, -0.15) is 0 Å². The van der Waals surface area contributed by atoms with Crippen LogP contribution in [0.25, 0.3) is 11.1 Å². The van der Waals surface area contributed by atoms with Crippen molar-refractivity contribution < 1.29 is 9.59 Å². The molecule has 4 nitrogen and oxygen atoms in total. The molecule has 0 atom stereocenters. The van der Waals surface area contributed by atoms with Crippen LogP contribution in [-0.2, 0) is 6.54 Å². The summed E-state index contributed by atoms with van der Waals surface area (Å²) in [6.07, 6.45) is 0. The maximum absolute atomic E-state index is 13.6. The number of anilines is 2. The summed E-state index contributed by atoms with van der Waals surface area (Å²) >= 11 is 12.9. The van der Waals surface area contributed by atoms with Crippen molar-refractivity contribution in [1.82, 2.24) is 0 Å². The van der Waals surface area contributed by atoms with E-state index >= 15 is 0 Å². The van der Waals surface area contributed by atoms with Gasteiger partial charge in [-0.15, -0.1) is 0 Å². The van der Waals surface area contributed by atoms with E-state index in [1.165, 1.54) is 12.1 Å². The van der Waals surface area contributed by atoms with Crippen LogP contribution in [-0.4, -0.2) is 11.8 Å². The number of carbonyl (C=O) groups is 2. The topological polar surface area (TPSA) is 49.4 Å². The molecule has 0 saturated heterocycles. The van der Waals surface area contributed by atoms with Gasteiger partial charge in [0.05, 0.1) is 33.4 Å². The van der Waals surface area contributed by atoms with Crippen LogP contribution in [0.3, 0.4) is 0 Å². The van der Waals surface area contributed by atoms with Crippen LogP contribution in [0.4, 0.5) is 11.4 Å². The minimum absolute atomic E-state index is 0.155. The highest BCUT2D eigenvalue weighted by atomic mass is 35.5. The van der Waals surface area contributed by atoms with E-state index in [2.05, 4.69) is 11.4 Å². The highest BCUT2D eigenvalue weighted by Crippen LogP contribution is 2.40. The normalized spacial score (nSPS) is 12.0. The van der Waals surface area contributed by atoms with Crippen LogP contribution in [0, 0.1) is 0 Å². The van der Waals surface area contributed by atoms with Crippen LogP contribution in [0.15, 0.2) is 91.0 Å². The monoisotopic (exact) mass is 472 g/mol. The van der Waals surface area contributed by atoms with Gasteiger partial charge in [-0.25, -0.2) is 0 Å². The smallest absolute Gasteiger partial charge is 0.260 e. The zero-order valence-corrected chi connectivity index (χ0v) is 18.9. The van der Waals surface area contributed by atoms with Gasteiger partial charge in [0.15, 0.2) is 0 Å². The summed E-state index contributed by atoms with van der Waals surface area (Å²) in [5, 5.41) is 3.11. The molecule has 162 valence electrons. The number of benzene rings is 4. The Bertz CT molecular complexity index is 1390. The first kappa shape index (κ1) is 21.3. The third kappa shape index (κ3) is 3.99. The Morgan fingerprint density at radius 1 is 0.727 bits per heavy atom. The first-order chi connectivity index (χ1) is 16.0. The third-order valence-electron chi connectivity index (χ3n) is 5.64. The Hall–Kier alpha value is -3.60. The van der Waals surface area contributed by atoms with Crippen molar-refractivity contribution in [3.05, 3.63) is 118 Å². The molecule has 0 unspecified atom stereocenters. The molecule has 6 heteroatoms. The number of fused-ring (bicyclic) bond motifs is 3. The Morgan fingerprint density at radius 2 is 1.33 bits per heavy atom. The fraction of sp³-hybridized carbons (Fsp3) is 0.0370. The van der Waals surface area contributed by atoms with Gasteiger partial charge < -0.3 is 10.2 Å². The van der Waals surface area contributed by atoms with Crippen molar-refractivity contribution >= 4 is 46.4 Å². The number of nitrogens with zero attached hydrogens (tertiary/aromatic N) is 1. The Balaban J connectivity index is 1.48. The average molecular weight is 473 g/mol. The molecule has 1 N–H and O–H groups in total. The van der Waals surface area contributed by atoms with Gasteiger partial charge in [-0.05, 0) is 41.5 Å². The van der Waals surface area contributed by atoms with E-state index in [1.807, 2.05) is 60.7 Å². The lowest BCUT2D eigenvalue weighted by Gasteiger charge is -2.31. The first-order valence-corrected chi connectivity index (χ1v) is 11.1. The van der Waals surface area contributed by atoms with Crippen LogP contribution < -0.4 is 10.2 Å². The zero-order chi connectivity index (χ0) is 22.9. The lowest BCUT2D eigenvalue weighted by Crippen LogP contribution is -2.33. The van der Waals surface area contributed by atoms with Gasteiger partial charge in [-0.3, -0.25) is 9.59 Å². The summed E-state index contributed by atoms with van der Waals surface area (Å²) in [6, 6.07) is 27.7. The lowest BCUT2D eigenvalue weighted by atomic mass is 9.93. The molecule has 2 amide bonds. The second-order valence-electron chi connectivity index (χ2n) is 7.70. The molecule has 0 aliphatic carbocycles. The Morgan fingerprint density at radius 3 is 2.12 bits per heavy atom. The van der Waals surface area contributed by atoms with E-state index in [1.54, 1.807) is 17.0 Å². The standard InChI is InChI=1S/C27H18Cl2N2O2/c28-23-15-22(24(29)14-21(23)26(32)30-18-9-2-1-3-10-18)27(33)31-16-17-8-4-5-11-19(17)20-12-6-7-13-25(20)31/h1-15H,16H2,(H,30,32). The van der Waals surface area contributed by atoms with E-state index in [9.17, 15) is 9.59 Å². The quantitative estimate of drug-likeness (QED) is 0.346. The highest BCUT2D eigenvalue weighted by Gasteiger charge is 2.29. The van der Waals surface area contributed by atoms with Crippen molar-refractivity contribution in [3.8, 4) is 11.1 Å². The summed E-state index contributed by atoms with van der Waals surface area (Å²) in [7, 11) is 0. The van der Waals surface area contributed by atoms with Crippen molar-refractivity contribution in [2.24, 2.45) is 0 Å². The summed E-state index contributed by atoms with van der Waals surface area (Å²) in [4.78, 5) is 28.0. The summed E-state index contributed by atoms with van der Waals surface area (Å²) in [5.41, 5.74) is 5.02. The zero-order valence-electron chi connectivity index (χ0n) is 17.4. The molecule has 4 aromatic rings. The van der Waals surface area contributed by atoms with E-state index in [4.69, 9.17) is 23.2 Å². The van der Waals surface area contributed by atoms with Crippen molar-refractivity contribution in [2.45, 2.75) is 6.54 Å². The fourth-order valence-corrected chi connectivity index (χ4v) is 4.54. The molecule has 1 heterocycles. The highest BCUT2D eigenvalue weighted by molar-refractivity contribution is 6.39. The summed E-state index contributed by atoms with van der Waals surface area (Å²) < 4.78 is 0. The molecule has 5 rings (SSSR count). The molecular formula is C27H18Cl2N2O2. The Labute approximate surface area is 201 Å². The predicted octanol–water partition coefficient (Wildman–Crippen LogP) is 7.07. The van der Waals surface area contributed by atoms with Gasteiger partial charge in [0.2, 0.25) is 0 Å². The minimum atomic E-state index is -0.399. The van der Waals surface area contributed by atoms with Gasteiger partial charge in [0, 0.05) is 11.3 Å². The predicted molar refractivity (Wildman–Crippen MR) is 133 cm³/mol. The van der Waals surface area contributed by atoms with Crippen LogP contribution in [0.1, 0.15) is 26.3 Å². The molecule has 0 spiro atoms. The molecule has 0 saturated carbocycles. The minimum Gasteiger partial charge on any atom is -0.322 e. The number of rotatable bonds is 3. The van der Waals surface area contributed by atoms with Crippen LogP contribution >= 0.6 is 23.2 Å². The molecule has 0 radical (unpaired) electrons. The molecule has 33 heavy (non-hydrogen) atoms. The van der Waals surface area contributed by atoms with Gasteiger partial charge in [0.25, 0.3) is 11.8 Å². The number of hydrogen-bond donors (Lipinski definition) is 1. The molecule has 1 aliphatic heterocycles. The van der Waals surface area contributed by atoms with Gasteiger partial charge in [0.1, 0.15) is 0 Å². The third-order valence-corrected chi connectivity index (χ3v) is 6.26. The van der Waals surface area contributed by atoms with E-state index in [0.29, 0.717) is 12.2 Å². The number of halogens is 2. The number of hydrogen-bond acceptors (Lipinski definition) is 2. The number of amides is 2. The summed E-state index contributed by atoms with van der Waals surface area (Å²) in [6.45, 7) is 0.413. The van der Waals surface area contributed by atoms with E-state index in [0.717, 1.165) is 22.4 Å². The fourth-order valence-electron chi connectivity index (χ4n) is 4.04. The van der Waals surface area contributed by atoms with E-state index in [-0.39, 0.29) is 27.1 Å². The van der Waals surface area contributed by atoms with Crippen LogP contribution in [0.2, 0.25) is 10.0 Å². The van der Waals surface area contributed by atoms with Crippen molar-refractivity contribution in [1.29, 1.82) is 0 Å². The molecule has 4 aromatic carbocycles. The second-order valence-corrected chi connectivity index (χ2v) is 8.51. The van der Waals surface area contributed by atoms with Crippen molar-refractivity contribution in [3.63, 3.8) is 0 Å². The number of para-hydroxylation sites is 2. The first-order valence-electron chi connectivity index (χ1n) is 10.4. The maximum Gasteiger partial charge on any atom is 0.260 e. The molecule has 0 aromatic heterocycles. The maximum atomic E-state index is 13.6. The average Bonchev–Trinajstić information content (AvgIpc) is 2.85. The number of carbonyl (C=O) groups excluding carboxylic acids is 2. The number of nitrogens with one attached hydrogen (secondary N) is 1. The molecular weight excluding hydrogens is 455 g/mol. The largest absolute Gasteiger partial charge is 0.322 e. The summed E-state index contributed by atoms with van der Waals surface area (Å²) in [5.74, 6) is -0.678. The van der Waals surface area contributed by atoms with Gasteiger partial charge in [-0.1, -0.05) is 83.9 Å². The Kier molecular flexibility index (Phi) is 5.63. The van der Waals surface area contributed by atoms with Gasteiger partial charge >= 0.3 is 0 Å². The molecule has 0 fully saturated rings. The SMILES string of the molecule is O=C(Nc1ccccc1)c1cc(Cl)c(C(=O)N2Cc3ccccc3-c3ccccc32)cc1Cl. The lowest BCUT2D eigenvalue weighted by molar-refractivity contribution is 0.0982. The second kappa shape index (κ2) is 8.74. The van der Waals surface area contributed by atoms with Crippen LogP contribution in [0.5, 0.6) is 0 Å². The van der Waals surface area contributed by atoms with E-state index < -0.39 is 5.91 Å². The van der Waals surface area contributed by atoms with Crippen molar-refractivity contribution in [2.75, 3.05) is 10.2 Å².